The minimum Gasteiger partial charge on any atom is -0.354 e. The molecule has 1 aliphatic heterocycles. The molecule has 1 saturated heterocycles. The van der Waals surface area contributed by atoms with Gasteiger partial charge in [-0.1, -0.05) is 38.1 Å². The highest BCUT2D eigenvalue weighted by Gasteiger charge is 2.55. The van der Waals surface area contributed by atoms with Gasteiger partial charge >= 0.3 is 0 Å². The number of rotatable bonds is 6. The van der Waals surface area contributed by atoms with E-state index >= 15 is 0 Å². The van der Waals surface area contributed by atoms with Crippen LogP contribution in [0.4, 0.5) is 5.82 Å². The van der Waals surface area contributed by atoms with Gasteiger partial charge in [-0.3, -0.25) is 4.79 Å². The average Bonchev–Trinajstić information content (AvgIpc) is 3.39. The van der Waals surface area contributed by atoms with Gasteiger partial charge < -0.3 is 4.90 Å². The lowest BCUT2D eigenvalue weighted by Crippen LogP contribution is -2.22. The molecule has 1 atom stereocenters. The number of Topliss-reactive ketones (excluding diaryl/α,β-unsaturated/α-hetero) is 1. The van der Waals surface area contributed by atoms with Gasteiger partial charge in [0.25, 0.3) is 0 Å². The van der Waals surface area contributed by atoms with Crippen LogP contribution in [0.3, 0.4) is 0 Å². The van der Waals surface area contributed by atoms with Crippen LogP contribution in [0.25, 0.3) is 0 Å². The number of carbonyl (C=O) groups is 1. The largest absolute Gasteiger partial charge is 0.354 e. The van der Waals surface area contributed by atoms with E-state index in [-0.39, 0.29) is 5.41 Å². The zero-order chi connectivity index (χ0) is 19.7. The van der Waals surface area contributed by atoms with E-state index in [4.69, 9.17) is 5.26 Å². The normalized spacial score (nSPS) is 19.8. The van der Waals surface area contributed by atoms with Crippen molar-refractivity contribution in [1.29, 1.82) is 5.26 Å². The lowest BCUT2D eigenvalue weighted by atomic mass is 9.87. The lowest BCUT2D eigenvalue weighted by Gasteiger charge is -2.16. The second-order valence-corrected chi connectivity index (χ2v) is 8.64. The van der Waals surface area contributed by atoms with Crippen LogP contribution in [0.1, 0.15) is 55.8 Å². The van der Waals surface area contributed by atoms with Crippen molar-refractivity contribution < 1.29 is 4.79 Å². The molecule has 1 aliphatic carbocycles. The maximum Gasteiger partial charge on any atom is 0.163 e. The van der Waals surface area contributed by atoms with Crippen molar-refractivity contribution in [3.63, 3.8) is 0 Å². The highest BCUT2D eigenvalue weighted by atomic mass is 16.1. The first kappa shape index (κ1) is 18.6. The second-order valence-electron chi connectivity index (χ2n) is 8.64. The maximum absolute atomic E-state index is 12.7. The molecule has 2 heterocycles. The summed E-state index contributed by atoms with van der Waals surface area (Å²) in [6.45, 7) is 6.14. The quantitative estimate of drug-likeness (QED) is 0.767. The fourth-order valence-corrected chi connectivity index (χ4v) is 4.36. The molecule has 5 nitrogen and oxygen atoms in total. The highest BCUT2D eigenvalue weighted by Crippen LogP contribution is 2.57. The van der Waals surface area contributed by atoms with Crippen molar-refractivity contribution in [2.24, 2.45) is 11.3 Å². The van der Waals surface area contributed by atoms with Gasteiger partial charge in [-0.2, -0.15) is 5.26 Å². The van der Waals surface area contributed by atoms with Crippen molar-refractivity contribution in [3.8, 4) is 6.07 Å². The molecule has 2 aliphatic rings. The molecule has 1 aromatic heterocycles. The maximum atomic E-state index is 12.7. The van der Waals surface area contributed by atoms with Crippen molar-refractivity contribution in [2.45, 2.75) is 45.4 Å². The molecular weight excluding hydrogens is 348 g/mol. The van der Waals surface area contributed by atoms with Crippen LogP contribution in [0.15, 0.2) is 36.4 Å². The van der Waals surface area contributed by atoms with Crippen LogP contribution in [-0.2, 0) is 11.2 Å². The van der Waals surface area contributed by atoms with Crippen LogP contribution in [0.5, 0.6) is 0 Å². The van der Waals surface area contributed by atoms with Crippen molar-refractivity contribution >= 4 is 11.6 Å². The summed E-state index contributed by atoms with van der Waals surface area (Å²) in [4.78, 5) is 15.0. The van der Waals surface area contributed by atoms with E-state index in [1.54, 1.807) is 6.07 Å². The molecule has 144 valence electrons. The summed E-state index contributed by atoms with van der Waals surface area (Å²) in [6.07, 6.45) is 3.52. The van der Waals surface area contributed by atoms with E-state index in [1.165, 1.54) is 18.4 Å². The smallest absolute Gasteiger partial charge is 0.163 e. The molecule has 2 aromatic rings. The Morgan fingerprint density at radius 2 is 1.96 bits per heavy atom. The SMILES string of the molecule is CC(C)c1ccc(CC(=O)CC2CN(c3ccc(C#N)nn3)CC23CC3)cc1. The number of anilines is 1. The summed E-state index contributed by atoms with van der Waals surface area (Å²) in [5, 5.41) is 17.0. The molecule has 4 rings (SSSR count). The topological polar surface area (TPSA) is 69.9 Å². The Kier molecular flexibility index (Phi) is 4.89. The van der Waals surface area contributed by atoms with E-state index in [0.717, 1.165) is 24.5 Å². The van der Waals surface area contributed by atoms with E-state index in [0.29, 0.717) is 36.2 Å². The summed E-state index contributed by atoms with van der Waals surface area (Å²) >= 11 is 0. The van der Waals surface area contributed by atoms with Crippen LogP contribution in [-0.4, -0.2) is 29.1 Å². The van der Waals surface area contributed by atoms with Crippen LogP contribution in [0.2, 0.25) is 0 Å². The Balaban J connectivity index is 1.38. The Morgan fingerprint density at radius 1 is 1.21 bits per heavy atom. The molecule has 1 unspecified atom stereocenters. The fourth-order valence-electron chi connectivity index (χ4n) is 4.36. The third kappa shape index (κ3) is 3.77. The fraction of sp³-hybridized carbons (Fsp3) is 0.478. The van der Waals surface area contributed by atoms with Crippen molar-refractivity contribution in [1.82, 2.24) is 10.2 Å². The van der Waals surface area contributed by atoms with Crippen LogP contribution < -0.4 is 4.90 Å². The Morgan fingerprint density at radius 3 is 2.54 bits per heavy atom. The van der Waals surface area contributed by atoms with Gasteiger partial charge in [-0.05, 0) is 53.4 Å². The molecule has 1 saturated carbocycles. The number of nitriles is 1. The van der Waals surface area contributed by atoms with Gasteiger partial charge in [-0.15, -0.1) is 10.2 Å². The predicted octanol–water partition coefficient (Wildman–Crippen LogP) is 3.89. The molecule has 28 heavy (non-hydrogen) atoms. The number of hydrogen-bond acceptors (Lipinski definition) is 5. The number of hydrogen-bond donors (Lipinski definition) is 0. The standard InChI is InChI=1S/C23H26N4O/c1-16(2)18-5-3-17(4-6-18)11-21(28)12-19-14-27(15-23(19)9-10-23)22-8-7-20(13-24)25-26-22/h3-8,16,19H,9-12,14-15H2,1-2H3. The Bertz CT molecular complexity index is 892. The molecular formula is C23H26N4O. The zero-order valence-corrected chi connectivity index (χ0v) is 16.6. The van der Waals surface area contributed by atoms with Crippen LogP contribution >= 0.6 is 0 Å². The number of aromatic nitrogens is 2. The Hall–Kier alpha value is -2.74. The van der Waals surface area contributed by atoms with Gasteiger partial charge in [0.1, 0.15) is 11.9 Å². The molecule has 0 N–H and O–H groups in total. The first-order chi connectivity index (χ1) is 13.5. The number of ketones is 1. The number of benzene rings is 1. The summed E-state index contributed by atoms with van der Waals surface area (Å²) in [6, 6.07) is 14.0. The summed E-state index contributed by atoms with van der Waals surface area (Å²) < 4.78 is 0. The molecule has 5 heteroatoms. The first-order valence-electron chi connectivity index (χ1n) is 10.1. The van der Waals surface area contributed by atoms with E-state index < -0.39 is 0 Å². The van der Waals surface area contributed by atoms with Crippen molar-refractivity contribution in [2.75, 3.05) is 18.0 Å². The van der Waals surface area contributed by atoms with Gasteiger partial charge in [-0.25, -0.2) is 0 Å². The minimum absolute atomic E-state index is 0.271. The number of nitrogens with zero attached hydrogens (tertiary/aromatic N) is 4. The molecule has 0 radical (unpaired) electrons. The average molecular weight is 374 g/mol. The van der Waals surface area contributed by atoms with E-state index in [9.17, 15) is 4.79 Å². The zero-order valence-electron chi connectivity index (χ0n) is 16.6. The first-order valence-corrected chi connectivity index (χ1v) is 10.1. The van der Waals surface area contributed by atoms with Gasteiger partial charge in [0.15, 0.2) is 11.5 Å². The highest BCUT2D eigenvalue weighted by molar-refractivity contribution is 5.81. The second kappa shape index (κ2) is 7.35. The van der Waals surface area contributed by atoms with Gasteiger partial charge in [0.05, 0.1) is 0 Å². The lowest BCUT2D eigenvalue weighted by molar-refractivity contribution is -0.119. The summed E-state index contributed by atoms with van der Waals surface area (Å²) in [7, 11) is 0. The molecule has 2 fully saturated rings. The van der Waals surface area contributed by atoms with E-state index in [1.807, 2.05) is 12.1 Å². The number of carbonyl (C=O) groups excluding carboxylic acids is 1. The molecule has 1 spiro atoms. The van der Waals surface area contributed by atoms with Crippen molar-refractivity contribution in [3.05, 3.63) is 53.2 Å². The van der Waals surface area contributed by atoms with Gasteiger partial charge in [0.2, 0.25) is 0 Å². The molecule has 0 bridgehead atoms. The Labute approximate surface area is 166 Å². The third-order valence-electron chi connectivity index (χ3n) is 6.32. The minimum atomic E-state index is 0.271. The molecule has 0 amide bonds. The monoisotopic (exact) mass is 374 g/mol. The third-order valence-corrected chi connectivity index (χ3v) is 6.32. The van der Waals surface area contributed by atoms with Crippen LogP contribution in [0, 0.1) is 22.7 Å². The summed E-state index contributed by atoms with van der Waals surface area (Å²) in [5.74, 6) is 2.02. The predicted molar refractivity (Wildman–Crippen MR) is 108 cm³/mol. The van der Waals surface area contributed by atoms with Gasteiger partial charge in [0, 0.05) is 25.9 Å². The summed E-state index contributed by atoms with van der Waals surface area (Å²) in [5.41, 5.74) is 3.02. The molecule has 1 aromatic carbocycles. The van der Waals surface area contributed by atoms with E-state index in [2.05, 4.69) is 53.2 Å².